The van der Waals surface area contributed by atoms with Crippen molar-refractivity contribution in [1.29, 1.82) is 0 Å². The molecule has 2 aromatic carbocycles. The van der Waals surface area contributed by atoms with Gasteiger partial charge in [0.1, 0.15) is 5.75 Å². The number of aryl methyl sites for hydroxylation is 1. The number of carbonyl (C=O) groups is 1. The number of piperazine rings is 1. The van der Waals surface area contributed by atoms with Gasteiger partial charge < -0.3 is 9.64 Å². The highest BCUT2D eigenvalue weighted by molar-refractivity contribution is 9.10. The molecule has 1 fully saturated rings. The Hall–Kier alpha value is -2.27. The van der Waals surface area contributed by atoms with Gasteiger partial charge in [0, 0.05) is 0 Å². The van der Waals surface area contributed by atoms with E-state index in [0.29, 0.717) is 36.8 Å². The van der Waals surface area contributed by atoms with Crippen molar-refractivity contribution in [2.75, 3.05) is 39.8 Å². The summed E-state index contributed by atoms with van der Waals surface area (Å²) in [5.74, 6) is 0.502. The lowest BCUT2D eigenvalue weighted by atomic mass is 10.2. The molecule has 1 aliphatic heterocycles. The zero-order valence-electron chi connectivity index (χ0n) is 17.5. The van der Waals surface area contributed by atoms with Crippen LogP contribution in [0.1, 0.15) is 11.1 Å². The molecule has 0 bridgehead atoms. The van der Waals surface area contributed by atoms with Crippen molar-refractivity contribution in [2.45, 2.75) is 11.8 Å². The molecule has 10 heteroatoms. The largest absolute Gasteiger partial charge is 0.496 e. The predicted octanol–water partition coefficient (Wildman–Crippen LogP) is 0.806. The lowest BCUT2D eigenvalue weighted by Crippen LogP contribution is -3.15. The van der Waals surface area contributed by atoms with Crippen LogP contribution in [0.15, 0.2) is 56.9 Å². The zero-order valence-corrected chi connectivity index (χ0v) is 19.9. The molecule has 0 aromatic heterocycles. The number of rotatable bonds is 7. The summed E-state index contributed by atoms with van der Waals surface area (Å²) in [5.41, 5.74) is 4.36. The molecule has 1 heterocycles. The van der Waals surface area contributed by atoms with Crippen LogP contribution in [0.25, 0.3) is 0 Å². The van der Waals surface area contributed by atoms with E-state index in [4.69, 9.17) is 4.74 Å². The van der Waals surface area contributed by atoms with E-state index in [2.05, 4.69) is 26.5 Å². The summed E-state index contributed by atoms with van der Waals surface area (Å²) in [6.45, 7) is 4.04. The molecule has 1 saturated heterocycles. The van der Waals surface area contributed by atoms with Crippen LogP contribution >= 0.6 is 15.9 Å². The second kappa shape index (κ2) is 10.4. The smallest absolute Gasteiger partial charge is 0.295 e. The minimum Gasteiger partial charge on any atom is -0.496 e. The number of amides is 1. The molecule has 166 valence electrons. The van der Waals surface area contributed by atoms with Crippen molar-refractivity contribution >= 4 is 38.1 Å². The lowest BCUT2D eigenvalue weighted by Gasteiger charge is -2.31. The summed E-state index contributed by atoms with van der Waals surface area (Å²) in [7, 11) is -1.91. The van der Waals surface area contributed by atoms with Crippen molar-refractivity contribution in [1.82, 2.24) is 9.73 Å². The number of hydrazone groups is 1. The van der Waals surface area contributed by atoms with Crippen LogP contribution in [-0.4, -0.2) is 64.7 Å². The van der Waals surface area contributed by atoms with Gasteiger partial charge in [-0.3, -0.25) is 4.79 Å². The summed E-state index contributed by atoms with van der Waals surface area (Å²) < 4.78 is 33.0. The van der Waals surface area contributed by atoms with Crippen LogP contribution in [0.5, 0.6) is 5.75 Å². The average molecular weight is 510 g/mol. The Morgan fingerprint density at radius 2 is 1.90 bits per heavy atom. The molecule has 2 N–H and O–H groups in total. The first-order valence-electron chi connectivity index (χ1n) is 9.85. The molecule has 8 nitrogen and oxygen atoms in total. The number of carbonyl (C=O) groups excluding carboxylic acids is 1. The highest BCUT2D eigenvalue weighted by atomic mass is 79.9. The van der Waals surface area contributed by atoms with Crippen molar-refractivity contribution in [3.05, 3.63) is 58.1 Å². The van der Waals surface area contributed by atoms with E-state index < -0.39 is 10.0 Å². The second-order valence-corrected chi connectivity index (χ2v) is 10.1. The third-order valence-electron chi connectivity index (χ3n) is 5.08. The van der Waals surface area contributed by atoms with Crippen LogP contribution in [0.4, 0.5) is 0 Å². The molecule has 31 heavy (non-hydrogen) atoms. The quantitative estimate of drug-likeness (QED) is 0.426. The maximum Gasteiger partial charge on any atom is 0.295 e. The molecular weight excluding hydrogens is 484 g/mol. The summed E-state index contributed by atoms with van der Waals surface area (Å²) in [6.07, 6.45) is 1.56. The number of hydrogen-bond donors (Lipinski definition) is 2. The number of nitrogens with zero attached hydrogens (tertiary/aromatic N) is 2. The van der Waals surface area contributed by atoms with Crippen LogP contribution in [-0.2, 0) is 14.8 Å². The normalized spacial score (nSPS) is 15.8. The third-order valence-corrected chi connectivity index (χ3v) is 7.61. The molecule has 0 spiro atoms. The van der Waals surface area contributed by atoms with Crippen LogP contribution < -0.4 is 15.1 Å². The van der Waals surface area contributed by atoms with E-state index in [1.54, 1.807) is 37.6 Å². The SMILES string of the molecule is COc1ccc(C=NNC(=O)C[NH+]2CCN(S(=O)(=O)c3ccc(C)cc3)CC2)cc1Br. The van der Waals surface area contributed by atoms with E-state index in [9.17, 15) is 13.2 Å². The van der Waals surface area contributed by atoms with Gasteiger partial charge in [-0.25, -0.2) is 13.8 Å². The van der Waals surface area contributed by atoms with Gasteiger partial charge in [-0.2, -0.15) is 9.41 Å². The van der Waals surface area contributed by atoms with Gasteiger partial charge in [0.15, 0.2) is 6.54 Å². The Labute approximate surface area is 191 Å². The number of nitrogens with one attached hydrogen (secondary N) is 2. The third kappa shape index (κ3) is 6.13. The number of halogens is 1. The summed E-state index contributed by atoms with van der Waals surface area (Å²) in [5, 5.41) is 4.00. The van der Waals surface area contributed by atoms with E-state index in [1.165, 1.54) is 4.31 Å². The lowest BCUT2D eigenvalue weighted by molar-refractivity contribution is -0.895. The van der Waals surface area contributed by atoms with Gasteiger partial charge in [0.2, 0.25) is 10.0 Å². The molecule has 0 radical (unpaired) electrons. The fourth-order valence-corrected chi connectivity index (χ4v) is 5.29. The maximum absolute atomic E-state index is 12.8. The minimum absolute atomic E-state index is 0.214. The fourth-order valence-electron chi connectivity index (χ4n) is 3.29. The van der Waals surface area contributed by atoms with Crippen molar-refractivity contribution in [3.8, 4) is 5.75 Å². The molecule has 0 aliphatic carbocycles. The number of hydrogen-bond acceptors (Lipinski definition) is 5. The molecule has 0 atom stereocenters. The van der Waals surface area contributed by atoms with E-state index in [-0.39, 0.29) is 12.5 Å². The number of methoxy groups -OCH3 is 1. The maximum atomic E-state index is 12.8. The number of benzene rings is 2. The van der Waals surface area contributed by atoms with Crippen LogP contribution in [0, 0.1) is 6.92 Å². The van der Waals surface area contributed by atoms with Gasteiger partial charge in [0.05, 0.1) is 48.9 Å². The highest BCUT2D eigenvalue weighted by Crippen LogP contribution is 2.24. The number of quaternary nitrogens is 1. The Morgan fingerprint density at radius 3 is 2.52 bits per heavy atom. The molecule has 0 unspecified atom stereocenters. The average Bonchev–Trinajstić information content (AvgIpc) is 2.74. The van der Waals surface area contributed by atoms with E-state index >= 15 is 0 Å². The second-order valence-electron chi connectivity index (χ2n) is 7.33. The number of sulfonamides is 1. The van der Waals surface area contributed by atoms with E-state index in [0.717, 1.165) is 20.5 Å². The molecule has 0 saturated carbocycles. The minimum atomic E-state index is -3.50. The van der Waals surface area contributed by atoms with Gasteiger partial charge in [0.25, 0.3) is 5.91 Å². The summed E-state index contributed by atoms with van der Waals surface area (Å²) in [6, 6.07) is 12.3. The Kier molecular flexibility index (Phi) is 7.82. The molecular formula is C21H26BrN4O4S+. The van der Waals surface area contributed by atoms with Gasteiger partial charge in [-0.05, 0) is 58.7 Å². The Bertz CT molecular complexity index is 1050. The van der Waals surface area contributed by atoms with Crippen molar-refractivity contribution < 1.29 is 22.8 Å². The monoisotopic (exact) mass is 509 g/mol. The predicted molar refractivity (Wildman–Crippen MR) is 122 cm³/mol. The first-order chi connectivity index (χ1) is 14.8. The summed E-state index contributed by atoms with van der Waals surface area (Å²) in [4.78, 5) is 13.5. The first-order valence-corrected chi connectivity index (χ1v) is 12.1. The molecule has 1 amide bonds. The highest BCUT2D eigenvalue weighted by Gasteiger charge is 2.31. The fraction of sp³-hybridized carbons (Fsp3) is 0.333. The van der Waals surface area contributed by atoms with E-state index in [1.807, 2.05) is 25.1 Å². The Morgan fingerprint density at radius 1 is 1.23 bits per heavy atom. The zero-order chi connectivity index (χ0) is 22.4. The summed E-state index contributed by atoms with van der Waals surface area (Å²) >= 11 is 3.41. The molecule has 2 aromatic rings. The molecule has 1 aliphatic rings. The van der Waals surface area contributed by atoms with Gasteiger partial charge >= 0.3 is 0 Å². The number of ether oxygens (including phenoxy) is 1. The first kappa shape index (κ1) is 23.4. The Balaban J connectivity index is 1.47. The van der Waals surface area contributed by atoms with Crippen molar-refractivity contribution in [3.63, 3.8) is 0 Å². The standard InChI is InChI=1S/C21H25BrN4O4S/c1-16-3-6-18(7-4-16)31(28,29)26-11-9-25(10-12-26)15-21(27)24-23-14-17-5-8-20(30-2)19(22)13-17/h3-8,13-14H,9-12,15H2,1-2H3,(H,24,27)/p+1. The van der Waals surface area contributed by atoms with Crippen LogP contribution in [0.3, 0.4) is 0 Å². The topological polar surface area (TPSA) is 92.5 Å². The van der Waals surface area contributed by atoms with Gasteiger partial charge in [-0.15, -0.1) is 0 Å². The van der Waals surface area contributed by atoms with Crippen molar-refractivity contribution in [2.24, 2.45) is 5.10 Å². The molecule has 3 rings (SSSR count). The van der Waals surface area contributed by atoms with Crippen LogP contribution in [0.2, 0.25) is 0 Å². The van der Waals surface area contributed by atoms with Gasteiger partial charge in [-0.1, -0.05) is 17.7 Å².